The third-order valence-corrected chi connectivity index (χ3v) is 3.77. The largest absolute Gasteiger partial charge is 0.508 e. The normalized spacial score (nSPS) is 12.1. The van der Waals surface area contributed by atoms with Crippen LogP contribution >= 0.6 is 11.3 Å². The van der Waals surface area contributed by atoms with Gasteiger partial charge in [-0.05, 0) is 29.1 Å². The van der Waals surface area contributed by atoms with E-state index >= 15 is 0 Å². The van der Waals surface area contributed by atoms with Crippen LogP contribution in [0.2, 0.25) is 0 Å². The topological polar surface area (TPSA) is 46.5 Å². The molecule has 4 heteroatoms. The van der Waals surface area contributed by atoms with Crippen molar-refractivity contribution in [3.63, 3.8) is 0 Å². The number of hydrogen-bond donors (Lipinski definition) is 1. The van der Waals surface area contributed by atoms with Gasteiger partial charge in [-0.2, -0.15) is 0 Å². The maximum Gasteiger partial charge on any atom is 0.306 e. The minimum Gasteiger partial charge on any atom is -0.508 e. The number of hydrogen-bond acceptors (Lipinski definition) is 4. The maximum atomic E-state index is 11.5. The number of methoxy groups -OCH3 is 1. The summed E-state index contributed by atoms with van der Waals surface area (Å²) in [4.78, 5) is 12.6. The van der Waals surface area contributed by atoms with Crippen LogP contribution in [0.5, 0.6) is 5.75 Å². The Labute approximate surface area is 110 Å². The average Bonchev–Trinajstić information content (AvgIpc) is 2.90. The van der Waals surface area contributed by atoms with Gasteiger partial charge in [-0.15, -0.1) is 11.3 Å². The molecule has 0 aliphatic rings. The molecule has 0 saturated carbocycles. The number of aromatic hydroxyl groups is 1. The number of esters is 1. The van der Waals surface area contributed by atoms with E-state index in [1.54, 1.807) is 23.5 Å². The van der Waals surface area contributed by atoms with Gasteiger partial charge in [0.1, 0.15) is 5.75 Å². The van der Waals surface area contributed by atoms with E-state index in [0.717, 1.165) is 10.4 Å². The Morgan fingerprint density at radius 3 is 2.61 bits per heavy atom. The van der Waals surface area contributed by atoms with Crippen molar-refractivity contribution in [3.05, 3.63) is 52.2 Å². The van der Waals surface area contributed by atoms with Gasteiger partial charge in [0.2, 0.25) is 0 Å². The molecule has 0 saturated heterocycles. The lowest BCUT2D eigenvalue weighted by Crippen LogP contribution is -2.08. The fraction of sp³-hybridized carbons (Fsp3) is 0.214. The molecule has 0 aliphatic carbocycles. The second kappa shape index (κ2) is 5.69. The molecule has 2 aromatic rings. The predicted octanol–water partition coefficient (Wildman–Crippen LogP) is 3.15. The number of thiophene rings is 1. The van der Waals surface area contributed by atoms with Crippen LogP contribution in [0.1, 0.15) is 22.8 Å². The van der Waals surface area contributed by atoms with Gasteiger partial charge in [-0.3, -0.25) is 4.79 Å². The summed E-state index contributed by atoms with van der Waals surface area (Å²) in [7, 11) is 1.39. The van der Waals surface area contributed by atoms with Crippen molar-refractivity contribution >= 4 is 17.3 Å². The lowest BCUT2D eigenvalue weighted by atomic mass is 9.94. The van der Waals surface area contributed by atoms with Gasteiger partial charge in [-0.1, -0.05) is 18.2 Å². The summed E-state index contributed by atoms with van der Waals surface area (Å²) in [5.74, 6) is -0.0266. The summed E-state index contributed by atoms with van der Waals surface area (Å²) in [5.41, 5.74) is 1.00. The first-order valence-corrected chi connectivity index (χ1v) is 6.48. The first-order chi connectivity index (χ1) is 8.70. The summed E-state index contributed by atoms with van der Waals surface area (Å²) in [6, 6.07) is 10.9. The first kappa shape index (κ1) is 12.6. The van der Waals surface area contributed by atoms with Gasteiger partial charge in [0, 0.05) is 10.8 Å². The molecule has 0 amide bonds. The SMILES string of the molecule is COC(=O)CC(c1ccc(O)cc1)c1cccs1. The van der Waals surface area contributed by atoms with Crippen molar-refractivity contribution in [2.24, 2.45) is 0 Å². The number of carbonyl (C=O) groups is 1. The fourth-order valence-electron chi connectivity index (χ4n) is 1.83. The molecule has 0 spiro atoms. The van der Waals surface area contributed by atoms with E-state index in [0.29, 0.717) is 6.42 Å². The number of rotatable bonds is 4. The smallest absolute Gasteiger partial charge is 0.306 e. The molecule has 1 aromatic carbocycles. The van der Waals surface area contributed by atoms with E-state index < -0.39 is 0 Å². The number of benzene rings is 1. The highest BCUT2D eigenvalue weighted by atomic mass is 32.1. The van der Waals surface area contributed by atoms with Crippen LogP contribution in [-0.4, -0.2) is 18.2 Å². The van der Waals surface area contributed by atoms with E-state index in [-0.39, 0.29) is 17.6 Å². The van der Waals surface area contributed by atoms with Crippen LogP contribution < -0.4 is 0 Å². The summed E-state index contributed by atoms with van der Waals surface area (Å²) in [6.07, 6.45) is 0.307. The summed E-state index contributed by atoms with van der Waals surface area (Å²) >= 11 is 1.61. The Bertz CT molecular complexity index is 502. The third kappa shape index (κ3) is 2.90. The molecule has 0 radical (unpaired) electrons. The fourth-order valence-corrected chi connectivity index (χ4v) is 2.68. The van der Waals surface area contributed by atoms with E-state index in [1.807, 2.05) is 29.6 Å². The van der Waals surface area contributed by atoms with Crippen LogP contribution in [0.15, 0.2) is 41.8 Å². The predicted molar refractivity (Wildman–Crippen MR) is 70.9 cm³/mol. The molecule has 0 fully saturated rings. The van der Waals surface area contributed by atoms with Gasteiger partial charge in [0.15, 0.2) is 0 Å². The molecule has 1 unspecified atom stereocenters. The van der Waals surface area contributed by atoms with Crippen LogP contribution in [0.4, 0.5) is 0 Å². The average molecular weight is 262 g/mol. The quantitative estimate of drug-likeness (QED) is 0.861. The second-order valence-electron chi connectivity index (χ2n) is 3.94. The molecular formula is C14H14O3S. The van der Waals surface area contributed by atoms with E-state index in [2.05, 4.69) is 0 Å². The lowest BCUT2D eigenvalue weighted by Gasteiger charge is -2.14. The number of phenolic OH excluding ortho intramolecular Hbond substituents is 1. The maximum absolute atomic E-state index is 11.5. The Morgan fingerprint density at radius 2 is 2.06 bits per heavy atom. The van der Waals surface area contributed by atoms with E-state index in [4.69, 9.17) is 4.74 Å². The first-order valence-electron chi connectivity index (χ1n) is 5.60. The van der Waals surface area contributed by atoms with Gasteiger partial charge < -0.3 is 9.84 Å². The van der Waals surface area contributed by atoms with Gasteiger partial charge in [-0.25, -0.2) is 0 Å². The van der Waals surface area contributed by atoms with Crippen LogP contribution in [0, 0.1) is 0 Å². The number of ether oxygens (including phenoxy) is 1. The van der Waals surface area contributed by atoms with Crippen molar-refractivity contribution in [3.8, 4) is 5.75 Å². The Balaban J connectivity index is 2.30. The minimum absolute atomic E-state index is 0.0157. The molecule has 3 nitrogen and oxygen atoms in total. The minimum atomic E-state index is -0.235. The van der Waals surface area contributed by atoms with Crippen molar-refractivity contribution in [2.45, 2.75) is 12.3 Å². The molecule has 18 heavy (non-hydrogen) atoms. The van der Waals surface area contributed by atoms with Crippen LogP contribution in [-0.2, 0) is 9.53 Å². The standard InChI is InChI=1S/C14H14O3S/c1-17-14(16)9-12(13-3-2-8-18-13)10-4-6-11(15)7-5-10/h2-8,12,15H,9H2,1H3. The van der Waals surface area contributed by atoms with Crippen molar-refractivity contribution in [1.29, 1.82) is 0 Å². The number of carbonyl (C=O) groups excluding carboxylic acids is 1. The zero-order valence-electron chi connectivity index (χ0n) is 10.00. The number of phenols is 1. The Kier molecular flexibility index (Phi) is 3.99. The molecular weight excluding hydrogens is 248 g/mol. The molecule has 1 heterocycles. The molecule has 2 rings (SSSR count). The molecule has 0 aliphatic heterocycles. The van der Waals surface area contributed by atoms with Crippen LogP contribution in [0.3, 0.4) is 0 Å². The molecule has 94 valence electrons. The van der Waals surface area contributed by atoms with E-state index in [1.165, 1.54) is 7.11 Å². The Hall–Kier alpha value is -1.81. The van der Waals surface area contributed by atoms with Crippen molar-refractivity contribution < 1.29 is 14.6 Å². The summed E-state index contributed by atoms with van der Waals surface area (Å²) in [5, 5.41) is 11.3. The third-order valence-electron chi connectivity index (χ3n) is 2.78. The lowest BCUT2D eigenvalue weighted by molar-refractivity contribution is -0.140. The highest BCUT2D eigenvalue weighted by Gasteiger charge is 2.19. The summed E-state index contributed by atoms with van der Waals surface area (Å²) < 4.78 is 4.74. The van der Waals surface area contributed by atoms with Gasteiger partial charge >= 0.3 is 5.97 Å². The monoisotopic (exact) mass is 262 g/mol. The highest BCUT2D eigenvalue weighted by Crippen LogP contribution is 2.32. The highest BCUT2D eigenvalue weighted by molar-refractivity contribution is 7.10. The molecule has 1 atom stereocenters. The zero-order valence-corrected chi connectivity index (χ0v) is 10.8. The van der Waals surface area contributed by atoms with Crippen LogP contribution in [0.25, 0.3) is 0 Å². The van der Waals surface area contributed by atoms with Gasteiger partial charge in [0.05, 0.1) is 13.5 Å². The van der Waals surface area contributed by atoms with E-state index in [9.17, 15) is 9.90 Å². The molecule has 1 aromatic heterocycles. The molecule has 1 N–H and O–H groups in total. The van der Waals surface area contributed by atoms with Crippen molar-refractivity contribution in [2.75, 3.05) is 7.11 Å². The molecule has 0 bridgehead atoms. The van der Waals surface area contributed by atoms with Gasteiger partial charge in [0.25, 0.3) is 0 Å². The van der Waals surface area contributed by atoms with Crippen molar-refractivity contribution in [1.82, 2.24) is 0 Å². The Morgan fingerprint density at radius 1 is 1.33 bits per heavy atom. The summed E-state index contributed by atoms with van der Waals surface area (Å²) in [6.45, 7) is 0. The second-order valence-corrected chi connectivity index (χ2v) is 4.92. The zero-order chi connectivity index (χ0) is 13.0.